The largest absolute Gasteiger partial charge is 0.490 e. The molecule has 2 aromatic rings. The molecule has 0 saturated heterocycles. The van der Waals surface area contributed by atoms with Crippen molar-refractivity contribution in [1.29, 1.82) is 5.26 Å². The van der Waals surface area contributed by atoms with E-state index in [1.165, 1.54) is 6.07 Å². The summed E-state index contributed by atoms with van der Waals surface area (Å²) in [5, 5.41) is 20.8. The molecule has 176 valence electrons. The Labute approximate surface area is 175 Å². The number of benzene rings is 2. The number of carbonyl (C=O) groups excluding carboxylic acids is 1. The Kier molecular flexibility index (Phi) is 5.70. The van der Waals surface area contributed by atoms with Gasteiger partial charge in [0.25, 0.3) is 5.91 Å². The lowest BCUT2D eigenvalue weighted by molar-refractivity contribution is -0.137. The highest BCUT2D eigenvalue weighted by Gasteiger charge is 2.65. The quantitative estimate of drug-likeness (QED) is 0.487. The van der Waals surface area contributed by atoms with E-state index >= 15 is 0 Å². The topological polar surface area (TPSA) is 82.3 Å². The highest BCUT2D eigenvalue weighted by atomic mass is 32.5. The molecule has 0 heterocycles. The molecular formula is C18H14F8N2O3S. The zero-order chi connectivity index (χ0) is 24.7. The van der Waals surface area contributed by atoms with Crippen LogP contribution in [-0.2, 0) is 11.0 Å². The lowest BCUT2D eigenvalue weighted by Gasteiger charge is -2.40. The van der Waals surface area contributed by atoms with E-state index < -0.39 is 56.4 Å². The standard InChI is InChI=1S/C18H14F8N2O3S/c1-17(30,10-31-12-3-5-13(6-4-12)32(22,23,24,25)26)16(29)28-15-7-2-11(9-27)8-14(15)18(19,20)21/h2-8,30H,10H2,1H3,(H,28,29). The molecule has 1 unspecified atom stereocenters. The number of alkyl halides is 3. The predicted octanol–water partition coefficient (Wildman–Crippen LogP) is 6.00. The van der Waals surface area contributed by atoms with Crippen molar-refractivity contribution in [3.63, 3.8) is 0 Å². The summed E-state index contributed by atoms with van der Waals surface area (Å²) in [5.74, 6) is -1.78. The number of nitriles is 1. The number of nitrogens with one attached hydrogen (secondary N) is 1. The molecule has 0 aliphatic heterocycles. The van der Waals surface area contributed by atoms with Crippen LogP contribution in [0.2, 0.25) is 0 Å². The number of carbonyl (C=O) groups is 1. The first-order valence-electron chi connectivity index (χ1n) is 8.35. The summed E-state index contributed by atoms with van der Waals surface area (Å²) in [6, 6.07) is 4.96. The molecule has 0 aliphatic carbocycles. The van der Waals surface area contributed by atoms with Crippen molar-refractivity contribution in [1.82, 2.24) is 0 Å². The third-order valence-corrected chi connectivity index (χ3v) is 5.14. The van der Waals surface area contributed by atoms with E-state index in [9.17, 15) is 42.5 Å². The molecule has 0 aromatic heterocycles. The monoisotopic (exact) mass is 490 g/mol. The summed E-state index contributed by atoms with van der Waals surface area (Å²) in [5.41, 5.74) is -4.93. The van der Waals surface area contributed by atoms with Gasteiger partial charge in [-0.2, -0.15) is 18.4 Å². The van der Waals surface area contributed by atoms with Gasteiger partial charge in [0.2, 0.25) is 0 Å². The van der Waals surface area contributed by atoms with Crippen molar-refractivity contribution in [2.24, 2.45) is 0 Å². The molecule has 2 aromatic carbocycles. The number of halogens is 8. The number of aliphatic hydroxyl groups is 1. The fourth-order valence-electron chi connectivity index (χ4n) is 2.30. The Morgan fingerprint density at radius 2 is 1.66 bits per heavy atom. The van der Waals surface area contributed by atoms with Crippen LogP contribution in [-0.4, -0.2) is 23.2 Å². The maximum atomic E-state index is 13.2. The molecule has 0 spiro atoms. The molecule has 0 radical (unpaired) electrons. The van der Waals surface area contributed by atoms with Gasteiger partial charge < -0.3 is 15.2 Å². The van der Waals surface area contributed by atoms with Gasteiger partial charge in [-0.1, -0.05) is 19.4 Å². The number of rotatable bonds is 6. The van der Waals surface area contributed by atoms with Crippen molar-refractivity contribution >= 4 is 21.8 Å². The first kappa shape index (κ1) is 25.2. The van der Waals surface area contributed by atoms with Crippen LogP contribution in [0.5, 0.6) is 5.75 Å². The lowest BCUT2D eigenvalue weighted by Crippen LogP contribution is -2.45. The van der Waals surface area contributed by atoms with Crippen LogP contribution < -0.4 is 10.1 Å². The first-order chi connectivity index (χ1) is 14.2. The van der Waals surface area contributed by atoms with Gasteiger partial charge in [-0.05, 0) is 49.4 Å². The fourth-order valence-corrected chi connectivity index (χ4v) is 2.95. The molecule has 0 bridgehead atoms. The van der Waals surface area contributed by atoms with Gasteiger partial charge in [0.15, 0.2) is 5.60 Å². The first-order valence-corrected chi connectivity index (χ1v) is 10.3. The average molecular weight is 490 g/mol. The summed E-state index contributed by atoms with van der Waals surface area (Å²) in [4.78, 5) is 10.1. The van der Waals surface area contributed by atoms with E-state index in [1.807, 2.05) is 5.32 Å². The summed E-state index contributed by atoms with van der Waals surface area (Å²) in [6.45, 7) is -0.0888. The smallest absolute Gasteiger partial charge is 0.418 e. The second-order valence-electron chi connectivity index (χ2n) is 6.83. The molecule has 0 aliphatic rings. The Morgan fingerprint density at radius 1 is 1.09 bits per heavy atom. The average Bonchev–Trinajstić information content (AvgIpc) is 2.64. The van der Waals surface area contributed by atoms with Gasteiger partial charge >= 0.3 is 16.4 Å². The zero-order valence-corrected chi connectivity index (χ0v) is 16.7. The highest BCUT2D eigenvalue weighted by molar-refractivity contribution is 8.45. The van der Waals surface area contributed by atoms with Crippen molar-refractivity contribution in [3.8, 4) is 11.8 Å². The molecule has 14 heteroatoms. The number of nitrogens with zero attached hydrogens (tertiary/aromatic N) is 1. The molecule has 32 heavy (non-hydrogen) atoms. The Balaban J connectivity index is 2.15. The van der Waals surface area contributed by atoms with E-state index in [4.69, 9.17) is 10.00 Å². The number of hydrogen-bond acceptors (Lipinski definition) is 4. The Hall–Kier alpha value is -3.05. The van der Waals surface area contributed by atoms with Crippen molar-refractivity contribution in [2.75, 3.05) is 11.9 Å². The van der Waals surface area contributed by atoms with Gasteiger partial charge in [-0.15, -0.1) is 0 Å². The maximum Gasteiger partial charge on any atom is 0.418 e. The van der Waals surface area contributed by atoms with E-state index in [0.29, 0.717) is 18.2 Å². The van der Waals surface area contributed by atoms with Crippen LogP contribution in [0, 0.1) is 11.3 Å². The minimum absolute atomic E-state index is 0.0536. The van der Waals surface area contributed by atoms with Crippen LogP contribution in [0.1, 0.15) is 18.1 Å². The van der Waals surface area contributed by atoms with E-state index in [1.54, 1.807) is 0 Å². The van der Waals surface area contributed by atoms with Gasteiger partial charge in [-0.3, -0.25) is 4.79 Å². The summed E-state index contributed by atoms with van der Waals surface area (Å²) in [6.07, 6.45) is -4.94. The minimum atomic E-state index is -9.90. The molecule has 0 saturated carbocycles. The SMILES string of the molecule is CC(O)(COc1ccc(S(F)(F)(F)(F)F)cc1)C(=O)Nc1ccc(C#N)cc1C(F)(F)F. The molecule has 1 atom stereocenters. The number of amides is 1. The molecule has 1 amide bonds. The summed E-state index contributed by atoms with van der Waals surface area (Å²) >= 11 is 0. The van der Waals surface area contributed by atoms with Gasteiger partial charge in [0, 0.05) is 0 Å². The van der Waals surface area contributed by atoms with Crippen LogP contribution in [0.15, 0.2) is 47.4 Å². The third-order valence-electron chi connectivity index (χ3n) is 3.98. The maximum absolute atomic E-state index is 13.2. The van der Waals surface area contributed by atoms with Crippen LogP contribution in [0.3, 0.4) is 0 Å². The molecule has 5 nitrogen and oxygen atoms in total. The number of hydrogen-bond donors (Lipinski definition) is 2. The van der Waals surface area contributed by atoms with Crippen molar-refractivity contribution < 1.29 is 47.2 Å². The summed E-state index contributed by atoms with van der Waals surface area (Å²) in [7, 11) is -9.90. The fraction of sp³-hybridized carbons (Fsp3) is 0.222. The third kappa shape index (κ3) is 6.24. The zero-order valence-electron chi connectivity index (χ0n) is 15.9. The van der Waals surface area contributed by atoms with Crippen molar-refractivity contribution in [2.45, 2.75) is 23.6 Å². The molecule has 2 rings (SSSR count). The summed E-state index contributed by atoms with van der Waals surface area (Å²) < 4.78 is 108. The second kappa shape index (κ2) is 7.24. The number of ether oxygens (including phenoxy) is 1. The van der Waals surface area contributed by atoms with Gasteiger partial charge in [-0.25, -0.2) is 0 Å². The van der Waals surface area contributed by atoms with Gasteiger partial charge in [0.05, 0.1) is 22.9 Å². The van der Waals surface area contributed by atoms with Crippen LogP contribution in [0.4, 0.5) is 38.3 Å². The highest BCUT2D eigenvalue weighted by Crippen LogP contribution is 3.02. The molecule has 0 fully saturated rings. The van der Waals surface area contributed by atoms with E-state index in [0.717, 1.165) is 19.1 Å². The Morgan fingerprint density at radius 3 is 2.12 bits per heavy atom. The normalized spacial score (nSPS) is 16.2. The van der Waals surface area contributed by atoms with Crippen LogP contribution >= 0.6 is 10.2 Å². The van der Waals surface area contributed by atoms with Gasteiger partial charge in [0.1, 0.15) is 17.3 Å². The number of anilines is 1. The Bertz CT molecular complexity index is 1080. The van der Waals surface area contributed by atoms with E-state index in [-0.39, 0.29) is 17.7 Å². The second-order valence-corrected chi connectivity index (χ2v) is 9.24. The molecule has 2 N–H and O–H groups in total. The lowest BCUT2D eigenvalue weighted by atomic mass is 10.1. The minimum Gasteiger partial charge on any atom is -0.490 e. The van der Waals surface area contributed by atoms with Crippen LogP contribution in [0.25, 0.3) is 0 Å². The van der Waals surface area contributed by atoms with E-state index in [2.05, 4.69) is 0 Å². The van der Waals surface area contributed by atoms with Crippen molar-refractivity contribution in [3.05, 3.63) is 53.6 Å². The molecular weight excluding hydrogens is 476 g/mol. The predicted molar refractivity (Wildman–Crippen MR) is 98.7 cm³/mol.